The van der Waals surface area contributed by atoms with E-state index in [1.165, 1.54) is 4.31 Å². The Kier molecular flexibility index (Phi) is 9.37. The number of hydrogen-bond donors (Lipinski definition) is 1. The number of carboxylic acids is 1. The first-order valence-corrected chi connectivity index (χ1v) is 16.5. The van der Waals surface area contributed by atoms with Gasteiger partial charge in [-0.1, -0.05) is 79.5 Å². The Bertz CT molecular complexity index is 1560. The molecule has 1 aliphatic heterocycles. The van der Waals surface area contributed by atoms with Crippen LogP contribution in [-0.2, 0) is 24.3 Å². The van der Waals surface area contributed by atoms with Gasteiger partial charge in [-0.2, -0.15) is 0 Å². The number of para-hydroxylation sites is 1. The Morgan fingerprint density at radius 3 is 2.23 bits per heavy atom. The largest absolute Gasteiger partial charge is 0.481 e. The molecule has 0 aromatic heterocycles. The molecule has 5 rings (SSSR count). The molecule has 2 fully saturated rings. The second-order valence-electron chi connectivity index (χ2n) is 11.4. The quantitative estimate of drug-likeness (QED) is 0.255. The third-order valence-corrected chi connectivity index (χ3v) is 10.7. The average Bonchev–Trinajstić information content (AvgIpc) is 3.82. The molecule has 1 heterocycles. The van der Waals surface area contributed by atoms with Gasteiger partial charge >= 0.3 is 5.97 Å². The number of anilines is 1. The molecule has 1 amide bonds. The van der Waals surface area contributed by atoms with Crippen molar-refractivity contribution in [3.05, 3.63) is 100 Å². The van der Waals surface area contributed by atoms with Crippen LogP contribution in [0.1, 0.15) is 56.4 Å². The van der Waals surface area contributed by atoms with E-state index in [9.17, 15) is 23.1 Å². The Balaban J connectivity index is 1.67. The number of rotatable bonds is 11. The van der Waals surface area contributed by atoms with E-state index in [1.807, 2.05) is 26.0 Å². The van der Waals surface area contributed by atoms with Gasteiger partial charge in [0.25, 0.3) is 5.91 Å². The molecule has 43 heavy (non-hydrogen) atoms. The highest BCUT2D eigenvalue weighted by Gasteiger charge is 2.50. The first-order valence-electron chi connectivity index (χ1n) is 14.2. The average molecular weight is 646 g/mol. The molecule has 3 aromatic rings. The number of morpholine rings is 1. The zero-order valence-corrected chi connectivity index (χ0v) is 26.2. The van der Waals surface area contributed by atoms with E-state index in [1.54, 1.807) is 71.6 Å². The highest BCUT2D eigenvalue weighted by Crippen LogP contribution is 2.46. The number of carboxylic acid groups (broad SMARTS) is 1. The van der Waals surface area contributed by atoms with Crippen molar-refractivity contribution in [3.8, 4) is 0 Å². The van der Waals surface area contributed by atoms with E-state index < -0.39 is 57.9 Å². The first-order chi connectivity index (χ1) is 20.5. The molecule has 1 saturated carbocycles. The second kappa shape index (κ2) is 12.9. The standard InChI is InChI=1S/C32H34Cl2N2O6S/c1-20(2)27(19-35(25-9-4-3-5-10-25)43(40,41)26-15-16-26)36-30(21-11-13-23(33)14-12-21)31(22-7-6-8-24(34)17-22)42-28(32(36)39)18-29(37)38/h3-14,17,20,26-28,30-31H,15-16,18-19H2,1-2H3,(H,37,38)/t27?,28-,30+,31+/m0/s1. The zero-order valence-electron chi connectivity index (χ0n) is 23.8. The highest BCUT2D eigenvalue weighted by molar-refractivity contribution is 7.93. The molecule has 0 radical (unpaired) electrons. The fourth-order valence-corrected chi connectivity index (χ4v) is 7.84. The summed E-state index contributed by atoms with van der Waals surface area (Å²) in [4.78, 5) is 27.9. The summed E-state index contributed by atoms with van der Waals surface area (Å²) in [6.45, 7) is 3.85. The molecule has 1 unspecified atom stereocenters. The van der Waals surface area contributed by atoms with E-state index in [4.69, 9.17) is 27.9 Å². The number of halogens is 2. The maximum absolute atomic E-state index is 14.3. The van der Waals surface area contributed by atoms with Gasteiger partial charge in [0.05, 0.1) is 36.0 Å². The molecule has 1 N–H and O–H groups in total. The summed E-state index contributed by atoms with van der Waals surface area (Å²) < 4.78 is 35.4. The first kappa shape index (κ1) is 31.3. The van der Waals surface area contributed by atoms with E-state index in [-0.39, 0.29) is 12.5 Å². The van der Waals surface area contributed by atoms with Crippen LogP contribution < -0.4 is 4.31 Å². The third kappa shape index (κ3) is 6.85. The van der Waals surface area contributed by atoms with Crippen molar-refractivity contribution in [1.29, 1.82) is 0 Å². The second-order valence-corrected chi connectivity index (χ2v) is 14.4. The molecule has 3 aromatic carbocycles. The predicted molar refractivity (Wildman–Crippen MR) is 167 cm³/mol. The molecular weight excluding hydrogens is 611 g/mol. The molecule has 2 aliphatic rings. The Hall–Kier alpha value is -3.11. The number of amides is 1. The molecule has 11 heteroatoms. The SMILES string of the molecule is CC(C)C(CN(c1ccccc1)S(=O)(=O)C1CC1)N1C(=O)[C@H](CC(=O)O)O[C@H](c2cccc(Cl)c2)[C@H]1c1ccc(Cl)cc1. The lowest BCUT2D eigenvalue weighted by Crippen LogP contribution is -2.59. The lowest BCUT2D eigenvalue weighted by Gasteiger charge is -2.50. The predicted octanol–water partition coefficient (Wildman–Crippen LogP) is 6.50. The van der Waals surface area contributed by atoms with Crippen LogP contribution in [0.3, 0.4) is 0 Å². The van der Waals surface area contributed by atoms with Crippen molar-refractivity contribution in [2.45, 2.75) is 62.7 Å². The molecule has 228 valence electrons. The number of carbonyl (C=O) groups is 2. The van der Waals surface area contributed by atoms with Crippen LogP contribution in [-0.4, -0.2) is 54.2 Å². The number of benzene rings is 3. The van der Waals surface area contributed by atoms with E-state index >= 15 is 0 Å². The number of sulfonamides is 1. The lowest BCUT2D eigenvalue weighted by molar-refractivity contribution is -0.184. The van der Waals surface area contributed by atoms with Crippen molar-refractivity contribution < 1.29 is 27.9 Å². The maximum atomic E-state index is 14.3. The Morgan fingerprint density at radius 2 is 1.65 bits per heavy atom. The highest BCUT2D eigenvalue weighted by atomic mass is 35.5. The Morgan fingerprint density at radius 1 is 0.977 bits per heavy atom. The summed E-state index contributed by atoms with van der Waals surface area (Å²) in [5, 5.41) is 10.2. The van der Waals surface area contributed by atoms with Gasteiger partial charge in [-0.15, -0.1) is 0 Å². The topological polar surface area (TPSA) is 104 Å². The van der Waals surface area contributed by atoms with Crippen LogP contribution in [0.5, 0.6) is 0 Å². The normalized spacial score (nSPS) is 21.6. The van der Waals surface area contributed by atoms with E-state index in [0.717, 1.165) is 0 Å². The van der Waals surface area contributed by atoms with E-state index in [0.29, 0.717) is 39.7 Å². The minimum Gasteiger partial charge on any atom is -0.481 e. The van der Waals surface area contributed by atoms with Crippen LogP contribution >= 0.6 is 23.2 Å². The summed E-state index contributed by atoms with van der Waals surface area (Å²) in [7, 11) is -3.72. The van der Waals surface area contributed by atoms with Gasteiger partial charge in [0.2, 0.25) is 10.0 Å². The molecule has 8 nitrogen and oxygen atoms in total. The Labute approximate surface area is 262 Å². The van der Waals surface area contributed by atoms with Crippen LogP contribution in [0.15, 0.2) is 78.9 Å². The molecule has 4 atom stereocenters. The fourth-order valence-electron chi connectivity index (χ4n) is 5.65. The summed E-state index contributed by atoms with van der Waals surface area (Å²) in [5.41, 5.74) is 1.88. The van der Waals surface area contributed by atoms with Crippen molar-refractivity contribution in [2.24, 2.45) is 5.92 Å². The number of ether oxygens (including phenoxy) is 1. The lowest BCUT2D eigenvalue weighted by atomic mass is 9.88. The summed E-state index contributed by atoms with van der Waals surface area (Å²) in [6.07, 6.45) is -1.48. The summed E-state index contributed by atoms with van der Waals surface area (Å²) in [5.74, 6) is -1.92. The van der Waals surface area contributed by atoms with Gasteiger partial charge in [-0.3, -0.25) is 13.9 Å². The summed E-state index contributed by atoms with van der Waals surface area (Å²) in [6, 6.07) is 21.6. The molecule has 0 spiro atoms. The van der Waals surface area contributed by atoms with Crippen LogP contribution in [0, 0.1) is 5.92 Å². The number of aliphatic carboxylic acids is 1. The van der Waals surface area contributed by atoms with Gasteiger partial charge in [0, 0.05) is 10.0 Å². The smallest absolute Gasteiger partial charge is 0.306 e. The number of carbonyl (C=O) groups excluding carboxylic acids is 1. The number of hydrogen-bond acceptors (Lipinski definition) is 5. The van der Waals surface area contributed by atoms with Crippen LogP contribution in [0.2, 0.25) is 10.0 Å². The molecule has 1 saturated heterocycles. The molecule has 1 aliphatic carbocycles. The van der Waals surface area contributed by atoms with Crippen LogP contribution in [0.25, 0.3) is 0 Å². The third-order valence-electron chi connectivity index (χ3n) is 7.95. The van der Waals surface area contributed by atoms with E-state index in [2.05, 4.69) is 0 Å². The van der Waals surface area contributed by atoms with Gasteiger partial charge in [-0.25, -0.2) is 8.42 Å². The van der Waals surface area contributed by atoms with Crippen molar-refractivity contribution >= 4 is 50.8 Å². The fraction of sp³-hybridized carbons (Fsp3) is 0.375. The van der Waals surface area contributed by atoms with Gasteiger partial charge in [-0.05, 0) is 66.3 Å². The number of nitrogens with zero attached hydrogens (tertiary/aromatic N) is 2. The molecular formula is C32H34Cl2N2O6S. The van der Waals surface area contributed by atoms with Gasteiger partial charge in [0.15, 0.2) is 0 Å². The zero-order chi connectivity index (χ0) is 30.9. The monoisotopic (exact) mass is 644 g/mol. The maximum Gasteiger partial charge on any atom is 0.306 e. The minimum atomic E-state index is -3.72. The molecule has 0 bridgehead atoms. The van der Waals surface area contributed by atoms with Crippen molar-refractivity contribution in [2.75, 3.05) is 10.8 Å². The van der Waals surface area contributed by atoms with Crippen molar-refractivity contribution in [3.63, 3.8) is 0 Å². The van der Waals surface area contributed by atoms with Gasteiger partial charge in [0.1, 0.15) is 12.2 Å². The summed E-state index contributed by atoms with van der Waals surface area (Å²) >= 11 is 12.6. The minimum absolute atomic E-state index is 0.0155. The van der Waals surface area contributed by atoms with Crippen molar-refractivity contribution in [1.82, 2.24) is 4.90 Å². The van der Waals surface area contributed by atoms with Gasteiger partial charge < -0.3 is 14.7 Å². The van der Waals surface area contributed by atoms with Crippen LogP contribution in [0.4, 0.5) is 5.69 Å².